The van der Waals surface area contributed by atoms with E-state index in [1.54, 1.807) is 12.1 Å². The second kappa shape index (κ2) is 7.37. The van der Waals surface area contributed by atoms with Gasteiger partial charge in [-0.1, -0.05) is 12.1 Å². The molecule has 1 aromatic rings. The number of alkyl halides is 2. The molecule has 22 heavy (non-hydrogen) atoms. The lowest BCUT2D eigenvalue weighted by atomic mass is 10.0. The van der Waals surface area contributed by atoms with Gasteiger partial charge in [0.1, 0.15) is 15.6 Å². The van der Waals surface area contributed by atoms with Crippen LogP contribution in [-0.4, -0.2) is 44.0 Å². The van der Waals surface area contributed by atoms with Crippen LogP contribution in [0.3, 0.4) is 0 Å². The maximum atomic E-state index is 12.1. The van der Waals surface area contributed by atoms with Crippen molar-refractivity contribution >= 4 is 9.84 Å². The van der Waals surface area contributed by atoms with Crippen molar-refractivity contribution in [3.8, 4) is 5.75 Å². The number of sulfone groups is 1. The van der Waals surface area contributed by atoms with Gasteiger partial charge in [0.05, 0.1) is 5.75 Å². The van der Waals surface area contributed by atoms with E-state index in [1.165, 1.54) is 18.4 Å². The van der Waals surface area contributed by atoms with Gasteiger partial charge >= 0.3 is 6.61 Å². The predicted molar refractivity (Wildman–Crippen MR) is 82.9 cm³/mol. The molecular weight excluding hydrogens is 312 g/mol. The molecule has 0 saturated carbocycles. The molecule has 0 saturated heterocycles. The van der Waals surface area contributed by atoms with Gasteiger partial charge in [0.15, 0.2) is 0 Å². The van der Waals surface area contributed by atoms with Crippen molar-refractivity contribution in [2.24, 2.45) is 0 Å². The monoisotopic (exact) mass is 335 g/mol. The topological polar surface area (TPSA) is 46.6 Å². The van der Waals surface area contributed by atoms with Gasteiger partial charge in [0.2, 0.25) is 0 Å². The Morgan fingerprint density at radius 1 is 1.18 bits per heavy atom. The van der Waals surface area contributed by atoms with Crippen LogP contribution < -0.4 is 4.74 Å². The van der Waals surface area contributed by atoms with Crippen LogP contribution >= 0.6 is 0 Å². The fraction of sp³-hybridized carbons (Fsp3) is 0.600. The molecule has 0 aliphatic heterocycles. The normalized spacial score (nSPS) is 12.9. The Bertz CT molecular complexity index is 565. The SMILES string of the molecule is CC(C)(C)N(CCS(C)(=O)=O)Cc1ccc(OC(F)F)cc1. The lowest BCUT2D eigenvalue weighted by Crippen LogP contribution is -2.43. The molecule has 0 fully saturated rings. The van der Waals surface area contributed by atoms with Crippen molar-refractivity contribution in [3.05, 3.63) is 29.8 Å². The second-order valence-corrected chi connectivity index (χ2v) is 8.50. The lowest BCUT2D eigenvalue weighted by Gasteiger charge is -2.35. The Balaban J connectivity index is 2.77. The highest BCUT2D eigenvalue weighted by atomic mass is 32.2. The van der Waals surface area contributed by atoms with Crippen molar-refractivity contribution in [2.45, 2.75) is 39.5 Å². The van der Waals surface area contributed by atoms with Gasteiger partial charge in [-0.25, -0.2) is 8.42 Å². The average Bonchev–Trinajstić information content (AvgIpc) is 2.33. The maximum absolute atomic E-state index is 12.1. The Labute approximate surface area is 131 Å². The predicted octanol–water partition coefficient (Wildman–Crippen LogP) is 2.93. The first-order valence-electron chi connectivity index (χ1n) is 6.94. The maximum Gasteiger partial charge on any atom is 0.387 e. The highest BCUT2D eigenvalue weighted by Gasteiger charge is 2.22. The van der Waals surface area contributed by atoms with Gasteiger partial charge in [-0.3, -0.25) is 4.90 Å². The van der Waals surface area contributed by atoms with Crippen molar-refractivity contribution in [1.82, 2.24) is 4.90 Å². The summed E-state index contributed by atoms with van der Waals surface area (Å²) in [6.07, 6.45) is 1.21. The summed E-state index contributed by atoms with van der Waals surface area (Å²) < 4.78 is 51.2. The number of benzene rings is 1. The van der Waals surface area contributed by atoms with Gasteiger partial charge in [-0.15, -0.1) is 0 Å². The van der Waals surface area contributed by atoms with Crippen LogP contribution in [0, 0.1) is 0 Å². The minimum Gasteiger partial charge on any atom is -0.435 e. The van der Waals surface area contributed by atoms with E-state index in [1.807, 2.05) is 25.7 Å². The van der Waals surface area contributed by atoms with Gasteiger partial charge < -0.3 is 4.74 Å². The highest BCUT2D eigenvalue weighted by Crippen LogP contribution is 2.20. The molecule has 0 radical (unpaired) electrons. The summed E-state index contributed by atoms with van der Waals surface area (Å²) in [6.45, 7) is 4.12. The Morgan fingerprint density at radius 2 is 1.73 bits per heavy atom. The Hall–Kier alpha value is -1.21. The molecule has 0 bridgehead atoms. The third-order valence-electron chi connectivity index (χ3n) is 3.20. The third-order valence-corrected chi connectivity index (χ3v) is 4.13. The second-order valence-electron chi connectivity index (χ2n) is 6.24. The largest absolute Gasteiger partial charge is 0.435 e. The molecule has 7 heteroatoms. The van der Waals surface area contributed by atoms with Crippen LogP contribution in [0.1, 0.15) is 26.3 Å². The van der Waals surface area contributed by atoms with E-state index in [9.17, 15) is 17.2 Å². The van der Waals surface area contributed by atoms with Crippen molar-refractivity contribution in [3.63, 3.8) is 0 Å². The fourth-order valence-electron chi connectivity index (χ4n) is 1.92. The summed E-state index contributed by atoms with van der Waals surface area (Å²) in [5, 5.41) is 0. The molecule has 0 aliphatic carbocycles. The van der Waals surface area contributed by atoms with Crippen LogP contribution in [0.4, 0.5) is 8.78 Å². The Morgan fingerprint density at radius 3 is 2.14 bits per heavy atom. The molecule has 0 spiro atoms. The average molecular weight is 335 g/mol. The van der Waals surface area contributed by atoms with Crippen LogP contribution in [0.2, 0.25) is 0 Å². The first-order chi connectivity index (χ1) is 9.97. The van der Waals surface area contributed by atoms with E-state index in [0.29, 0.717) is 13.1 Å². The van der Waals surface area contributed by atoms with Gasteiger partial charge in [-0.05, 0) is 38.5 Å². The molecule has 0 aliphatic rings. The number of halogens is 2. The molecule has 0 N–H and O–H groups in total. The van der Waals surface area contributed by atoms with Crippen LogP contribution in [-0.2, 0) is 16.4 Å². The van der Waals surface area contributed by atoms with E-state index in [-0.39, 0.29) is 17.0 Å². The molecule has 0 amide bonds. The van der Waals surface area contributed by atoms with E-state index in [4.69, 9.17) is 0 Å². The van der Waals surface area contributed by atoms with E-state index in [2.05, 4.69) is 4.74 Å². The summed E-state index contributed by atoms with van der Waals surface area (Å²) in [4.78, 5) is 2.04. The minimum absolute atomic E-state index is 0.0802. The van der Waals surface area contributed by atoms with Crippen molar-refractivity contribution in [1.29, 1.82) is 0 Å². The zero-order valence-electron chi connectivity index (χ0n) is 13.3. The summed E-state index contributed by atoms with van der Waals surface area (Å²) in [6, 6.07) is 6.38. The number of ether oxygens (including phenoxy) is 1. The summed E-state index contributed by atoms with van der Waals surface area (Å²) in [7, 11) is -3.04. The van der Waals surface area contributed by atoms with Crippen LogP contribution in [0.5, 0.6) is 5.75 Å². The van der Waals surface area contributed by atoms with E-state index < -0.39 is 16.4 Å². The molecule has 0 unspecified atom stereocenters. The Kier molecular flexibility index (Phi) is 6.31. The standard InChI is InChI=1S/C15H23F2NO3S/c1-15(2,3)18(9-10-22(4,19)20)11-12-5-7-13(8-6-12)21-14(16)17/h5-8,14H,9-11H2,1-4H3. The van der Waals surface area contributed by atoms with Crippen molar-refractivity contribution in [2.75, 3.05) is 18.6 Å². The molecule has 0 aromatic heterocycles. The fourth-order valence-corrected chi connectivity index (χ4v) is 2.48. The number of rotatable bonds is 7. The molecule has 126 valence electrons. The third kappa shape index (κ3) is 7.17. The van der Waals surface area contributed by atoms with Gasteiger partial charge in [-0.2, -0.15) is 8.78 Å². The number of hydrogen-bond acceptors (Lipinski definition) is 4. The zero-order chi connectivity index (χ0) is 17.0. The van der Waals surface area contributed by atoms with E-state index in [0.717, 1.165) is 5.56 Å². The summed E-state index contributed by atoms with van der Waals surface area (Å²) in [5.41, 5.74) is 0.702. The number of nitrogens with zero attached hydrogens (tertiary/aromatic N) is 1. The van der Waals surface area contributed by atoms with E-state index >= 15 is 0 Å². The zero-order valence-corrected chi connectivity index (χ0v) is 14.2. The first-order valence-corrected chi connectivity index (χ1v) is 9.00. The molecule has 4 nitrogen and oxygen atoms in total. The van der Waals surface area contributed by atoms with Gasteiger partial charge in [0, 0.05) is 24.9 Å². The number of hydrogen-bond donors (Lipinski definition) is 0. The minimum atomic E-state index is -3.04. The molecule has 1 rings (SSSR count). The first kappa shape index (κ1) is 18.8. The summed E-state index contributed by atoms with van der Waals surface area (Å²) >= 11 is 0. The van der Waals surface area contributed by atoms with Crippen LogP contribution in [0.15, 0.2) is 24.3 Å². The molecule has 0 atom stereocenters. The smallest absolute Gasteiger partial charge is 0.387 e. The lowest BCUT2D eigenvalue weighted by molar-refractivity contribution is -0.0498. The molecule has 1 aromatic carbocycles. The van der Waals surface area contributed by atoms with Crippen LogP contribution in [0.25, 0.3) is 0 Å². The molecule has 0 heterocycles. The summed E-state index contributed by atoms with van der Waals surface area (Å²) in [5.74, 6) is 0.189. The quantitative estimate of drug-likeness (QED) is 0.769. The van der Waals surface area contributed by atoms with Crippen molar-refractivity contribution < 1.29 is 21.9 Å². The molecular formula is C15H23F2NO3S. The highest BCUT2D eigenvalue weighted by molar-refractivity contribution is 7.90. The van der Waals surface area contributed by atoms with Gasteiger partial charge in [0.25, 0.3) is 0 Å².